The zero-order valence-electron chi connectivity index (χ0n) is 12.1. The Hall–Kier alpha value is -2.89. The number of amides is 1. The first-order valence-corrected chi connectivity index (χ1v) is 6.87. The molecule has 0 aliphatic heterocycles. The fraction of sp³-hybridized carbons (Fsp3) is 0.188. The predicted molar refractivity (Wildman–Crippen MR) is 80.3 cm³/mol. The number of ether oxygens (including phenoxy) is 1. The van der Waals surface area contributed by atoms with E-state index in [0.717, 1.165) is 11.0 Å². The molecule has 0 fully saturated rings. The van der Waals surface area contributed by atoms with Crippen LogP contribution >= 0.6 is 0 Å². The standard InChI is InChI=1S/C16H15N3O3/c1-11-16(19-14-7-3-2-6-13(14)18-11)22-10-15(20)17-9-12-5-4-8-21-12/h2-8H,9-10H2,1H3,(H,17,20). The Morgan fingerprint density at radius 2 is 1.95 bits per heavy atom. The Bertz CT molecular complexity index is 784. The van der Waals surface area contributed by atoms with Gasteiger partial charge in [-0.1, -0.05) is 12.1 Å². The highest BCUT2D eigenvalue weighted by Gasteiger charge is 2.09. The third-order valence-corrected chi connectivity index (χ3v) is 3.08. The maximum absolute atomic E-state index is 11.8. The molecule has 0 aliphatic rings. The summed E-state index contributed by atoms with van der Waals surface area (Å²) in [5.74, 6) is 0.813. The molecule has 1 amide bonds. The van der Waals surface area contributed by atoms with Crippen LogP contribution < -0.4 is 10.1 Å². The maximum atomic E-state index is 11.8. The van der Waals surface area contributed by atoms with Gasteiger partial charge in [0, 0.05) is 0 Å². The summed E-state index contributed by atoms with van der Waals surface area (Å²) >= 11 is 0. The number of para-hydroxylation sites is 2. The number of furan rings is 1. The number of nitrogens with one attached hydrogen (secondary N) is 1. The van der Waals surface area contributed by atoms with Crippen molar-refractivity contribution in [2.24, 2.45) is 0 Å². The molecular weight excluding hydrogens is 282 g/mol. The van der Waals surface area contributed by atoms with Gasteiger partial charge in [0.15, 0.2) is 6.61 Å². The number of hydrogen-bond acceptors (Lipinski definition) is 5. The van der Waals surface area contributed by atoms with Gasteiger partial charge in [0.25, 0.3) is 5.91 Å². The van der Waals surface area contributed by atoms with Crippen LogP contribution in [0.2, 0.25) is 0 Å². The van der Waals surface area contributed by atoms with Crippen molar-refractivity contribution in [2.75, 3.05) is 6.61 Å². The predicted octanol–water partition coefficient (Wildman–Crippen LogP) is 2.23. The van der Waals surface area contributed by atoms with Crippen LogP contribution in [0.1, 0.15) is 11.5 Å². The fourth-order valence-corrected chi connectivity index (χ4v) is 1.99. The molecule has 0 spiro atoms. The number of carbonyl (C=O) groups excluding carboxylic acids is 1. The second kappa shape index (κ2) is 6.26. The summed E-state index contributed by atoms with van der Waals surface area (Å²) in [6.07, 6.45) is 1.56. The van der Waals surface area contributed by atoms with Crippen LogP contribution in [0.15, 0.2) is 47.1 Å². The van der Waals surface area contributed by atoms with Crippen molar-refractivity contribution in [3.8, 4) is 5.88 Å². The van der Waals surface area contributed by atoms with Crippen LogP contribution in [0.25, 0.3) is 11.0 Å². The van der Waals surface area contributed by atoms with Crippen molar-refractivity contribution in [1.82, 2.24) is 15.3 Å². The maximum Gasteiger partial charge on any atom is 0.258 e. The summed E-state index contributed by atoms with van der Waals surface area (Å²) in [7, 11) is 0. The molecule has 3 rings (SSSR count). The minimum absolute atomic E-state index is 0.116. The van der Waals surface area contributed by atoms with Gasteiger partial charge in [-0.2, -0.15) is 0 Å². The second-order valence-corrected chi connectivity index (χ2v) is 4.75. The number of aryl methyl sites for hydroxylation is 1. The van der Waals surface area contributed by atoms with E-state index >= 15 is 0 Å². The zero-order valence-corrected chi connectivity index (χ0v) is 12.1. The third-order valence-electron chi connectivity index (χ3n) is 3.08. The Morgan fingerprint density at radius 3 is 2.68 bits per heavy atom. The number of nitrogens with zero attached hydrogens (tertiary/aromatic N) is 2. The summed E-state index contributed by atoms with van der Waals surface area (Å²) in [6.45, 7) is 2.02. The molecule has 0 aliphatic carbocycles. The van der Waals surface area contributed by atoms with Gasteiger partial charge in [-0.15, -0.1) is 0 Å². The van der Waals surface area contributed by atoms with E-state index in [-0.39, 0.29) is 12.5 Å². The van der Waals surface area contributed by atoms with Crippen molar-refractivity contribution in [1.29, 1.82) is 0 Å². The lowest BCUT2D eigenvalue weighted by Gasteiger charge is -2.08. The van der Waals surface area contributed by atoms with E-state index in [9.17, 15) is 4.79 Å². The first kappa shape index (κ1) is 14.1. The third kappa shape index (κ3) is 3.22. The molecule has 22 heavy (non-hydrogen) atoms. The van der Waals surface area contributed by atoms with Crippen LogP contribution in [0.5, 0.6) is 5.88 Å². The molecule has 6 heteroatoms. The topological polar surface area (TPSA) is 77.2 Å². The highest BCUT2D eigenvalue weighted by molar-refractivity contribution is 5.78. The number of fused-ring (bicyclic) bond motifs is 1. The molecule has 1 N–H and O–H groups in total. The smallest absolute Gasteiger partial charge is 0.258 e. The van der Waals surface area contributed by atoms with Gasteiger partial charge in [0.05, 0.1) is 23.8 Å². The molecule has 0 unspecified atom stereocenters. The molecule has 2 aromatic heterocycles. The lowest BCUT2D eigenvalue weighted by molar-refractivity contribution is -0.123. The molecule has 0 radical (unpaired) electrons. The Labute approximate surface area is 127 Å². The van der Waals surface area contributed by atoms with E-state index < -0.39 is 0 Å². The summed E-state index contributed by atoms with van der Waals surface area (Å²) in [5, 5.41) is 2.71. The van der Waals surface area contributed by atoms with Gasteiger partial charge in [0.1, 0.15) is 11.5 Å². The van der Waals surface area contributed by atoms with Crippen molar-refractivity contribution >= 4 is 16.9 Å². The summed E-state index contributed by atoms with van der Waals surface area (Å²) in [5.41, 5.74) is 2.19. The number of hydrogen-bond donors (Lipinski definition) is 1. The van der Waals surface area contributed by atoms with E-state index in [1.54, 1.807) is 25.3 Å². The van der Waals surface area contributed by atoms with Gasteiger partial charge in [-0.25, -0.2) is 9.97 Å². The number of carbonyl (C=O) groups is 1. The molecule has 0 saturated carbocycles. The van der Waals surface area contributed by atoms with Gasteiger partial charge in [-0.3, -0.25) is 4.79 Å². The lowest BCUT2D eigenvalue weighted by atomic mass is 10.3. The fourth-order valence-electron chi connectivity index (χ4n) is 1.99. The van der Waals surface area contributed by atoms with Crippen molar-refractivity contribution in [2.45, 2.75) is 13.5 Å². The van der Waals surface area contributed by atoms with E-state index in [1.165, 1.54) is 0 Å². The molecule has 6 nitrogen and oxygen atoms in total. The van der Waals surface area contributed by atoms with Crippen LogP contribution in [0.4, 0.5) is 0 Å². The van der Waals surface area contributed by atoms with Crippen molar-refractivity contribution < 1.29 is 13.9 Å². The average Bonchev–Trinajstić information content (AvgIpc) is 3.04. The largest absolute Gasteiger partial charge is 0.467 e. The Morgan fingerprint density at radius 1 is 1.18 bits per heavy atom. The Kier molecular flexibility index (Phi) is 4.00. The zero-order chi connectivity index (χ0) is 15.4. The van der Waals surface area contributed by atoms with E-state index in [1.807, 2.05) is 24.3 Å². The minimum atomic E-state index is -0.245. The molecular formula is C16H15N3O3. The summed E-state index contributed by atoms with van der Waals surface area (Å²) < 4.78 is 10.6. The number of benzene rings is 1. The van der Waals surface area contributed by atoms with E-state index in [2.05, 4.69) is 15.3 Å². The molecule has 3 aromatic rings. The molecule has 0 saturated heterocycles. The van der Waals surface area contributed by atoms with Gasteiger partial charge >= 0.3 is 0 Å². The molecule has 112 valence electrons. The van der Waals surface area contributed by atoms with Crippen molar-refractivity contribution in [3.05, 3.63) is 54.1 Å². The highest BCUT2D eigenvalue weighted by atomic mass is 16.5. The van der Waals surface area contributed by atoms with Gasteiger partial charge < -0.3 is 14.5 Å². The van der Waals surface area contributed by atoms with Gasteiger partial charge in [-0.05, 0) is 31.2 Å². The second-order valence-electron chi connectivity index (χ2n) is 4.75. The van der Waals surface area contributed by atoms with Crippen molar-refractivity contribution in [3.63, 3.8) is 0 Å². The van der Waals surface area contributed by atoms with E-state index in [4.69, 9.17) is 9.15 Å². The number of rotatable bonds is 5. The lowest BCUT2D eigenvalue weighted by Crippen LogP contribution is -2.28. The van der Waals surface area contributed by atoms with Gasteiger partial charge in [0.2, 0.25) is 5.88 Å². The number of aromatic nitrogens is 2. The van der Waals surface area contributed by atoms with Crippen LogP contribution in [0, 0.1) is 6.92 Å². The van der Waals surface area contributed by atoms with E-state index in [0.29, 0.717) is 23.9 Å². The molecule has 1 aromatic carbocycles. The van der Waals surface area contributed by atoms with Crippen LogP contribution in [0.3, 0.4) is 0 Å². The minimum Gasteiger partial charge on any atom is -0.467 e. The van der Waals surface area contributed by atoms with Crippen LogP contribution in [-0.2, 0) is 11.3 Å². The first-order chi connectivity index (χ1) is 10.7. The highest BCUT2D eigenvalue weighted by Crippen LogP contribution is 2.17. The normalized spacial score (nSPS) is 10.6. The molecule has 0 bridgehead atoms. The SMILES string of the molecule is Cc1nc2ccccc2nc1OCC(=O)NCc1ccco1. The first-order valence-electron chi connectivity index (χ1n) is 6.87. The Balaban J connectivity index is 1.61. The average molecular weight is 297 g/mol. The quantitative estimate of drug-likeness (QED) is 0.781. The summed E-state index contributed by atoms with van der Waals surface area (Å²) in [6, 6.07) is 11.1. The monoisotopic (exact) mass is 297 g/mol. The molecule has 0 atom stereocenters. The van der Waals surface area contributed by atoms with Crippen LogP contribution in [-0.4, -0.2) is 22.5 Å². The summed E-state index contributed by atoms with van der Waals surface area (Å²) in [4.78, 5) is 20.5. The molecule has 2 heterocycles.